The second-order valence-corrected chi connectivity index (χ2v) is 2.20. The van der Waals surface area contributed by atoms with Crippen LogP contribution in [0.25, 0.3) is 0 Å². The lowest BCUT2D eigenvalue weighted by Crippen LogP contribution is -2.52. The van der Waals surface area contributed by atoms with E-state index in [0.29, 0.717) is 0 Å². The molecule has 1 atom stereocenters. The Kier molecular flexibility index (Phi) is 3.80. The summed E-state index contributed by atoms with van der Waals surface area (Å²) in [4.78, 5) is -2.20. The van der Waals surface area contributed by atoms with E-state index in [1.165, 1.54) is 0 Å². The molecule has 1 nitrogen and oxygen atoms in total. The first-order chi connectivity index (χ1) is 5.60. The van der Waals surface area contributed by atoms with Crippen molar-refractivity contribution in [3.8, 4) is 0 Å². The Morgan fingerprint density at radius 3 is 1.38 bits per heavy atom. The van der Waals surface area contributed by atoms with Gasteiger partial charge in [-0.15, -0.1) is 11.6 Å². The van der Waals surface area contributed by atoms with Crippen LogP contribution >= 0.6 is 11.6 Å². The molecule has 0 aromatic carbocycles. The van der Waals surface area contributed by atoms with Crippen LogP contribution in [0.15, 0.2) is 0 Å². The number of rotatable bonds is 2. The fourth-order valence-corrected chi connectivity index (χ4v) is 0.668. The van der Waals surface area contributed by atoms with Crippen molar-refractivity contribution < 1.29 is 30.7 Å². The number of hydrogen-bond acceptors (Lipinski definition) is 1. The molecule has 0 aromatic rings. The maximum Gasteiger partial charge on any atom is 0.469 e. The topological polar surface area (TPSA) is 3.24 Å². The summed E-state index contributed by atoms with van der Waals surface area (Å²) in [6, 6.07) is 0. The molecule has 9 heteroatoms. The minimum absolute atomic E-state index is 1.42. The van der Waals surface area contributed by atoms with Gasteiger partial charge in [0.2, 0.25) is 0 Å². The van der Waals surface area contributed by atoms with E-state index in [2.05, 4.69) is 11.6 Å². The molecule has 1 unspecified atom stereocenters. The molecule has 0 aliphatic rings. The van der Waals surface area contributed by atoms with Crippen molar-refractivity contribution in [1.29, 1.82) is 0 Å². The zero-order valence-corrected chi connectivity index (χ0v) is 6.51. The number of nitrogens with zero attached hydrogens (tertiary/aromatic N) is 1. The van der Waals surface area contributed by atoms with E-state index in [4.69, 9.17) is 0 Å². The molecule has 0 amide bonds. The molecule has 0 N–H and O–H groups in total. The Bertz CT molecular complexity index is 149. The van der Waals surface area contributed by atoms with E-state index in [9.17, 15) is 30.7 Å². The van der Waals surface area contributed by atoms with Gasteiger partial charge in [-0.3, -0.25) is 0 Å². The first-order valence-electron chi connectivity index (χ1n) is 2.73. The lowest BCUT2D eigenvalue weighted by molar-refractivity contribution is -0.394. The van der Waals surface area contributed by atoms with E-state index in [1.54, 1.807) is 0 Å². The molecule has 0 saturated carbocycles. The third-order valence-corrected chi connectivity index (χ3v) is 1.21. The molecule has 0 radical (unpaired) electrons. The van der Waals surface area contributed by atoms with Gasteiger partial charge in [-0.1, -0.05) is 4.90 Å². The Balaban J connectivity index is 4.78. The summed E-state index contributed by atoms with van der Waals surface area (Å²) in [5, 5.41) is 0. The van der Waals surface area contributed by atoms with Crippen LogP contribution in [-0.2, 0) is 0 Å². The van der Waals surface area contributed by atoms with E-state index in [-0.39, 0.29) is 0 Å². The van der Waals surface area contributed by atoms with Gasteiger partial charge in [0.05, 0.1) is 5.88 Å². The quantitative estimate of drug-likeness (QED) is 0.403. The van der Waals surface area contributed by atoms with Crippen LogP contribution in [-0.4, -0.2) is 29.7 Å². The van der Waals surface area contributed by atoms with Gasteiger partial charge in [0.1, 0.15) is 0 Å². The molecular weight excluding hydrogens is 230 g/mol. The summed E-state index contributed by atoms with van der Waals surface area (Å²) in [6.45, 7) is 0. The normalized spacial score (nSPS) is 16.4. The maximum atomic E-state index is 12.1. The molecule has 0 bridgehead atoms. The van der Waals surface area contributed by atoms with Crippen molar-refractivity contribution in [1.82, 2.24) is 4.90 Å². The molecular formula is C4H3ClF7N. The van der Waals surface area contributed by atoms with Crippen molar-refractivity contribution in [3.05, 3.63) is 0 Å². The molecule has 0 spiro atoms. The highest BCUT2D eigenvalue weighted by molar-refractivity contribution is 6.18. The monoisotopic (exact) mass is 233 g/mol. The summed E-state index contributed by atoms with van der Waals surface area (Å²) in [5.74, 6) is -1.42. The standard InChI is InChI=1S/C4H3ClF7N/c5-1-2(6)13(3(7,8)9)4(10,11)12/h2H,1H2. The minimum atomic E-state index is -5.83. The highest BCUT2D eigenvalue weighted by Crippen LogP contribution is 2.36. The zero-order chi connectivity index (χ0) is 10.9. The largest absolute Gasteiger partial charge is 0.469 e. The Hall–Kier alpha value is -0.240. The molecule has 13 heavy (non-hydrogen) atoms. The van der Waals surface area contributed by atoms with Crippen molar-refractivity contribution in [2.24, 2.45) is 0 Å². The van der Waals surface area contributed by atoms with Crippen LogP contribution in [0.1, 0.15) is 0 Å². The highest BCUT2D eigenvalue weighted by Gasteiger charge is 2.57. The molecule has 0 heterocycles. The van der Waals surface area contributed by atoms with Crippen molar-refractivity contribution >= 4 is 11.6 Å². The third kappa shape index (κ3) is 3.55. The average molecular weight is 234 g/mol. The van der Waals surface area contributed by atoms with Crippen LogP contribution in [0, 0.1) is 0 Å². The van der Waals surface area contributed by atoms with Gasteiger partial charge in [-0.2, -0.15) is 26.3 Å². The number of hydrogen-bond donors (Lipinski definition) is 0. The molecule has 0 aromatic heterocycles. The first kappa shape index (κ1) is 12.8. The van der Waals surface area contributed by atoms with Crippen LogP contribution in [0.2, 0.25) is 0 Å². The van der Waals surface area contributed by atoms with E-state index >= 15 is 0 Å². The van der Waals surface area contributed by atoms with Crippen molar-refractivity contribution in [3.63, 3.8) is 0 Å². The van der Waals surface area contributed by atoms with Gasteiger partial charge in [-0.05, 0) is 0 Å². The van der Waals surface area contributed by atoms with Crippen molar-refractivity contribution in [2.45, 2.75) is 18.9 Å². The van der Waals surface area contributed by atoms with E-state index in [1.807, 2.05) is 0 Å². The van der Waals surface area contributed by atoms with Crippen LogP contribution in [0.5, 0.6) is 0 Å². The second kappa shape index (κ2) is 3.87. The van der Waals surface area contributed by atoms with Crippen LogP contribution in [0.3, 0.4) is 0 Å². The molecule has 0 aliphatic heterocycles. The van der Waals surface area contributed by atoms with E-state index < -0.39 is 29.7 Å². The maximum absolute atomic E-state index is 12.1. The third-order valence-electron chi connectivity index (χ3n) is 0.954. The summed E-state index contributed by atoms with van der Waals surface area (Å²) >= 11 is 4.54. The fourth-order valence-electron chi connectivity index (χ4n) is 0.530. The predicted molar refractivity (Wildman–Crippen MR) is 29.6 cm³/mol. The van der Waals surface area contributed by atoms with Gasteiger partial charge in [0, 0.05) is 0 Å². The van der Waals surface area contributed by atoms with Gasteiger partial charge in [0.15, 0.2) is 6.30 Å². The first-order valence-corrected chi connectivity index (χ1v) is 3.27. The zero-order valence-electron chi connectivity index (χ0n) is 5.76. The van der Waals surface area contributed by atoms with Crippen LogP contribution in [0.4, 0.5) is 30.7 Å². The molecule has 0 fully saturated rings. The lowest BCUT2D eigenvalue weighted by Gasteiger charge is -2.28. The van der Waals surface area contributed by atoms with Gasteiger partial charge in [0.25, 0.3) is 0 Å². The Labute approximate surface area is 73.1 Å². The van der Waals surface area contributed by atoms with Gasteiger partial charge >= 0.3 is 12.6 Å². The number of halogens is 8. The fraction of sp³-hybridized carbons (Fsp3) is 1.00. The van der Waals surface area contributed by atoms with Crippen LogP contribution < -0.4 is 0 Å². The lowest BCUT2D eigenvalue weighted by atomic mass is 10.6. The van der Waals surface area contributed by atoms with Crippen molar-refractivity contribution in [2.75, 3.05) is 5.88 Å². The van der Waals surface area contributed by atoms with Gasteiger partial charge < -0.3 is 0 Å². The smallest absolute Gasteiger partial charge is 0.228 e. The summed E-state index contributed by atoms with van der Waals surface area (Å²) < 4.78 is 81.5. The molecule has 0 saturated heterocycles. The molecule has 0 rings (SSSR count). The molecule has 80 valence electrons. The highest BCUT2D eigenvalue weighted by atomic mass is 35.5. The number of alkyl halides is 8. The summed E-state index contributed by atoms with van der Waals surface area (Å²) in [7, 11) is 0. The SMILES string of the molecule is FC(CCl)N(C(F)(F)F)C(F)(F)F. The average Bonchev–Trinajstić information content (AvgIpc) is 1.80. The van der Waals surface area contributed by atoms with E-state index in [0.717, 1.165) is 0 Å². The predicted octanol–water partition coefficient (Wildman–Crippen LogP) is 2.86. The Morgan fingerprint density at radius 1 is 1.00 bits per heavy atom. The Morgan fingerprint density at radius 2 is 1.31 bits per heavy atom. The van der Waals surface area contributed by atoms with Gasteiger partial charge in [-0.25, -0.2) is 4.39 Å². The second-order valence-electron chi connectivity index (χ2n) is 1.89. The molecule has 0 aliphatic carbocycles. The summed E-state index contributed by atoms with van der Waals surface area (Å²) in [5.41, 5.74) is 0. The minimum Gasteiger partial charge on any atom is -0.228 e. The summed E-state index contributed by atoms with van der Waals surface area (Å²) in [6.07, 6.45) is -15.0.